The van der Waals surface area contributed by atoms with Crippen molar-refractivity contribution >= 4 is 0 Å². The van der Waals surface area contributed by atoms with Crippen LogP contribution >= 0.6 is 0 Å². The third-order valence-electron chi connectivity index (χ3n) is 4.59. The van der Waals surface area contributed by atoms with Gasteiger partial charge in [0.25, 0.3) is 0 Å². The molecular formula is C14H27NO. The van der Waals surface area contributed by atoms with Gasteiger partial charge in [0.2, 0.25) is 0 Å². The molecule has 0 radical (unpaired) electrons. The lowest BCUT2D eigenvalue weighted by Crippen LogP contribution is -2.45. The topological polar surface area (TPSA) is 35.2 Å². The second kappa shape index (κ2) is 4.66. The molecule has 2 rings (SSSR count). The van der Waals surface area contributed by atoms with Crippen molar-refractivity contribution in [2.45, 2.75) is 76.9 Å². The normalized spacial score (nSPS) is 32.8. The lowest BCUT2D eigenvalue weighted by atomic mass is 9.68. The van der Waals surface area contributed by atoms with Gasteiger partial charge in [-0.15, -0.1) is 0 Å². The third kappa shape index (κ3) is 3.21. The van der Waals surface area contributed by atoms with E-state index in [0.717, 1.165) is 13.0 Å². The molecule has 0 bridgehead atoms. The van der Waals surface area contributed by atoms with Crippen LogP contribution in [-0.2, 0) is 4.74 Å². The van der Waals surface area contributed by atoms with Crippen molar-refractivity contribution in [2.75, 3.05) is 6.61 Å². The van der Waals surface area contributed by atoms with Crippen molar-refractivity contribution in [1.82, 2.24) is 0 Å². The highest BCUT2D eigenvalue weighted by Gasteiger charge is 2.35. The number of hydrogen-bond acceptors (Lipinski definition) is 2. The fourth-order valence-electron chi connectivity index (χ4n) is 3.00. The molecule has 2 N–H and O–H groups in total. The van der Waals surface area contributed by atoms with E-state index in [1.807, 2.05) is 0 Å². The van der Waals surface area contributed by atoms with Gasteiger partial charge in [0.1, 0.15) is 0 Å². The van der Waals surface area contributed by atoms with E-state index in [4.69, 9.17) is 10.5 Å². The predicted molar refractivity (Wildman–Crippen MR) is 67.4 cm³/mol. The molecule has 16 heavy (non-hydrogen) atoms. The van der Waals surface area contributed by atoms with Gasteiger partial charge in [-0.05, 0) is 56.8 Å². The summed E-state index contributed by atoms with van der Waals surface area (Å²) in [4.78, 5) is 0. The Labute approximate surface area is 99.9 Å². The smallest absolute Gasteiger partial charge is 0.0576 e. The molecule has 0 aromatic heterocycles. The Hall–Kier alpha value is -0.0800. The van der Waals surface area contributed by atoms with Crippen LogP contribution in [0, 0.1) is 5.41 Å². The summed E-state index contributed by atoms with van der Waals surface area (Å²) < 4.78 is 5.67. The van der Waals surface area contributed by atoms with Crippen molar-refractivity contribution in [3.8, 4) is 0 Å². The van der Waals surface area contributed by atoms with Crippen LogP contribution in [0.3, 0.4) is 0 Å². The van der Waals surface area contributed by atoms with Crippen LogP contribution in [0.4, 0.5) is 0 Å². The summed E-state index contributed by atoms with van der Waals surface area (Å²) >= 11 is 0. The molecule has 0 spiro atoms. The molecule has 2 heteroatoms. The van der Waals surface area contributed by atoms with E-state index in [1.165, 1.54) is 44.9 Å². The van der Waals surface area contributed by atoms with Gasteiger partial charge in [-0.1, -0.05) is 13.8 Å². The molecule has 1 aliphatic carbocycles. The zero-order valence-electron chi connectivity index (χ0n) is 10.9. The summed E-state index contributed by atoms with van der Waals surface area (Å²) in [5, 5.41) is 0. The minimum atomic E-state index is 0.113. The van der Waals surface area contributed by atoms with Crippen molar-refractivity contribution in [1.29, 1.82) is 0 Å². The Bertz CT molecular complexity index is 221. The molecule has 1 saturated carbocycles. The standard InChI is InChI=1S/C14H27NO/c1-13(2)7-9-14(15,10-8-13)6-5-12-4-3-11-16-12/h12H,3-11,15H2,1-2H3. The Kier molecular flexibility index (Phi) is 3.60. The average molecular weight is 225 g/mol. The maximum atomic E-state index is 6.50. The minimum absolute atomic E-state index is 0.113. The lowest BCUT2D eigenvalue weighted by molar-refractivity contribution is 0.0847. The van der Waals surface area contributed by atoms with Crippen LogP contribution in [0.5, 0.6) is 0 Å². The molecule has 2 nitrogen and oxygen atoms in total. The molecule has 1 aliphatic heterocycles. The van der Waals surface area contributed by atoms with Crippen LogP contribution in [0.25, 0.3) is 0 Å². The fraction of sp³-hybridized carbons (Fsp3) is 1.00. The molecule has 0 aromatic carbocycles. The van der Waals surface area contributed by atoms with E-state index < -0.39 is 0 Å². The first-order valence-electron chi connectivity index (χ1n) is 6.90. The largest absolute Gasteiger partial charge is 0.378 e. The first kappa shape index (κ1) is 12.4. The molecule has 2 fully saturated rings. The first-order valence-corrected chi connectivity index (χ1v) is 6.90. The molecule has 0 aromatic rings. The fourth-order valence-corrected chi connectivity index (χ4v) is 3.00. The monoisotopic (exact) mass is 225 g/mol. The van der Waals surface area contributed by atoms with Crippen molar-refractivity contribution in [3.63, 3.8) is 0 Å². The molecule has 1 unspecified atom stereocenters. The van der Waals surface area contributed by atoms with Crippen LogP contribution in [0.1, 0.15) is 65.2 Å². The van der Waals surface area contributed by atoms with Gasteiger partial charge in [-0.3, -0.25) is 0 Å². The van der Waals surface area contributed by atoms with Crippen molar-refractivity contribution < 1.29 is 4.74 Å². The highest BCUT2D eigenvalue weighted by molar-refractivity contribution is 4.93. The molecule has 1 saturated heterocycles. The summed E-state index contributed by atoms with van der Waals surface area (Å²) in [6.45, 7) is 5.70. The maximum Gasteiger partial charge on any atom is 0.0576 e. The van der Waals surface area contributed by atoms with Crippen LogP contribution in [0.2, 0.25) is 0 Å². The van der Waals surface area contributed by atoms with E-state index >= 15 is 0 Å². The van der Waals surface area contributed by atoms with Crippen LogP contribution < -0.4 is 5.73 Å². The molecule has 1 heterocycles. The molecular weight excluding hydrogens is 198 g/mol. The lowest BCUT2D eigenvalue weighted by Gasteiger charge is -2.41. The van der Waals surface area contributed by atoms with Gasteiger partial charge in [0, 0.05) is 12.1 Å². The molecule has 94 valence electrons. The van der Waals surface area contributed by atoms with Crippen molar-refractivity contribution in [3.05, 3.63) is 0 Å². The van der Waals surface area contributed by atoms with Gasteiger partial charge in [0.15, 0.2) is 0 Å². The Balaban J connectivity index is 1.75. The second-order valence-corrected chi connectivity index (χ2v) is 6.70. The Morgan fingerprint density at radius 2 is 1.88 bits per heavy atom. The number of nitrogens with two attached hydrogens (primary N) is 1. The second-order valence-electron chi connectivity index (χ2n) is 6.70. The van der Waals surface area contributed by atoms with E-state index in [-0.39, 0.29) is 5.54 Å². The highest BCUT2D eigenvalue weighted by atomic mass is 16.5. The van der Waals surface area contributed by atoms with E-state index in [0.29, 0.717) is 11.5 Å². The Morgan fingerprint density at radius 1 is 1.19 bits per heavy atom. The summed E-state index contributed by atoms with van der Waals surface area (Å²) in [5.74, 6) is 0. The summed E-state index contributed by atoms with van der Waals surface area (Å²) in [5.41, 5.74) is 7.14. The number of hydrogen-bond donors (Lipinski definition) is 1. The zero-order valence-corrected chi connectivity index (χ0v) is 10.9. The SMILES string of the molecule is CC1(C)CCC(N)(CCC2CCCO2)CC1. The van der Waals surface area contributed by atoms with Gasteiger partial charge in [-0.25, -0.2) is 0 Å². The summed E-state index contributed by atoms with van der Waals surface area (Å²) in [6.07, 6.45) is 10.3. The zero-order chi connectivity index (χ0) is 11.6. The molecule has 1 atom stereocenters. The van der Waals surface area contributed by atoms with E-state index in [1.54, 1.807) is 0 Å². The highest BCUT2D eigenvalue weighted by Crippen LogP contribution is 2.41. The quantitative estimate of drug-likeness (QED) is 0.800. The van der Waals surface area contributed by atoms with Gasteiger partial charge < -0.3 is 10.5 Å². The number of ether oxygens (including phenoxy) is 1. The van der Waals surface area contributed by atoms with Crippen molar-refractivity contribution in [2.24, 2.45) is 11.1 Å². The minimum Gasteiger partial charge on any atom is -0.378 e. The van der Waals surface area contributed by atoms with Gasteiger partial charge >= 0.3 is 0 Å². The predicted octanol–water partition coefficient (Wildman–Crippen LogP) is 3.24. The molecule has 2 aliphatic rings. The number of rotatable bonds is 3. The van der Waals surface area contributed by atoms with Gasteiger partial charge in [0.05, 0.1) is 6.10 Å². The van der Waals surface area contributed by atoms with Crippen LogP contribution in [-0.4, -0.2) is 18.2 Å². The first-order chi connectivity index (χ1) is 7.49. The molecule has 0 amide bonds. The third-order valence-corrected chi connectivity index (χ3v) is 4.59. The summed E-state index contributed by atoms with van der Waals surface area (Å²) in [7, 11) is 0. The summed E-state index contributed by atoms with van der Waals surface area (Å²) in [6, 6.07) is 0. The average Bonchev–Trinajstić information content (AvgIpc) is 2.74. The Morgan fingerprint density at radius 3 is 2.44 bits per heavy atom. The maximum absolute atomic E-state index is 6.50. The van der Waals surface area contributed by atoms with Crippen LogP contribution in [0.15, 0.2) is 0 Å². The van der Waals surface area contributed by atoms with Gasteiger partial charge in [-0.2, -0.15) is 0 Å². The van der Waals surface area contributed by atoms with E-state index in [2.05, 4.69) is 13.8 Å². The van der Waals surface area contributed by atoms with E-state index in [9.17, 15) is 0 Å².